The number of amides is 1. The van der Waals surface area contributed by atoms with E-state index in [9.17, 15) is 14.0 Å². The summed E-state index contributed by atoms with van der Waals surface area (Å²) in [5.41, 5.74) is 1.63. The molecule has 0 atom stereocenters. The summed E-state index contributed by atoms with van der Waals surface area (Å²) in [6, 6.07) is 6.11. The van der Waals surface area contributed by atoms with Crippen molar-refractivity contribution in [2.75, 3.05) is 5.32 Å². The predicted octanol–water partition coefficient (Wildman–Crippen LogP) is 3.82. The highest BCUT2D eigenvalue weighted by molar-refractivity contribution is 7.21. The highest BCUT2D eigenvalue weighted by atomic mass is 32.1. The molecular formula is C18H13FN4O2S2. The average molecular weight is 400 g/mol. The summed E-state index contributed by atoms with van der Waals surface area (Å²) in [5, 5.41) is 5.35. The van der Waals surface area contributed by atoms with Crippen LogP contribution in [-0.4, -0.2) is 20.4 Å². The van der Waals surface area contributed by atoms with E-state index < -0.39 is 0 Å². The second-order valence-electron chi connectivity index (χ2n) is 5.90. The zero-order chi connectivity index (χ0) is 19.1. The van der Waals surface area contributed by atoms with Gasteiger partial charge in [0.15, 0.2) is 5.13 Å². The van der Waals surface area contributed by atoms with E-state index in [1.54, 1.807) is 31.5 Å². The lowest BCUT2D eigenvalue weighted by Crippen LogP contribution is -2.17. The molecule has 27 heavy (non-hydrogen) atoms. The Labute approximate surface area is 161 Å². The van der Waals surface area contributed by atoms with Crippen LogP contribution in [0.2, 0.25) is 0 Å². The number of nitrogens with one attached hydrogen (secondary N) is 1. The van der Waals surface area contributed by atoms with Crippen LogP contribution < -0.4 is 10.9 Å². The molecular weight excluding hydrogens is 387 g/mol. The number of hydrogen-bond donors (Lipinski definition) is 1. The molecule has 0 spiro atoms. The smallest absolute Gasteiger partial charge is 0.267 e. The van der Waals surface area contributed by atoms with Gasteiger partial charge in [0.25, 0.3) is 11.5 Å². The summed E-state index contributed by atoms with van der Waals surface area (Å²) >= 11 is 2.42. The first-order valence-corrected chi connectivity index (χ1v) is 9.61. The Morgan fingerprint density at radius 2 is 2.15 bits per heavy atom. The molecule has 4 aromatic rings. The van der Waals surface area contributed by atoms with Crippen molar-refractivity contribution in [1.82, 2.24) is 14.5 Å². The molecule has 6 nitrogen and oxygen atoms in total. The van der Waals surface area contributed by atoms with Crippen LogP contribution >= 0.6 is 22.7 Å². The van der Waals surface area contributed by atoms with Crippen molar-refractivity contribution in [1.29, 1.82) is 0 Å². The number of thiazole rings is 1. The fraction of sp³-hybridized carbons (Fsp3) is 0.111. The van der Waals surface area contributed by atoms with Crippen molar-refractivity contribution < 1.29 is 9.18 Å². The first kappa shape index (κ1) is 17.5. The summed E-state index contributed by atoms with van der Waals surface area (Å²) < 4.78 is 14.8. The number of nitrogens with zero attached hydrogens (tertiary/aromatic N) is 3. The van der Waals surface area contributed by atoms with E-state index in [-0.39, 0.29) is 17.3 Å². The number of aromatic nitrogens is 3. The molecule has 0 unspecified atom stereocenters. The SMILES string of the molecule is Cc1c(C(=O)Nc2nc(-c3cccc(F)c3)cs2)sc2ncn(C)c(=O)c12. The van der Waals surface area contributed by atoms with Gasteiger partial charge in [-0.15, -0.1) is 22.7 Å². The van der Waals surface area contributed by atoms with E-state index >= 15 is 0 Å². The number of halogens is 1. The van der Waals surface area contributed by atoms with Crippen LogP contribution in [0, 0.1) is 12.7 Å². The molecule has 4 rings (SSSR count). The number of carbonyl (C=O) groups is 1. The van der Waals surface area contributed by atoms with Gasteiger partial charge in [0.2, 0.25) is 0 Å². The molecule has 0 aliphatic carbocycles. The number of carbonyl (C=O) groups excluding carboxylic acids is 1. The normalized spacial score (nSPS) is 11.1. The standard InChI is InChI=1S/C18H13FN4O2S2/c1-9-13-16(20-8-23(2)17(13)25)27-14(9)15(24)22-18-21-12(7-26-18)10-4-3-5-11(19)6-10/h3-8H,1-2H3,(H,21,22,24). The molecule has 0 radical (unpaired) electrons. The van der Waals surface area contributed by atoms with Gasteiger partial charge in [0.1, 0.15) is 10.6 Å². The van der Waals surface area contributed by atoms with Gasteiger partial charge in [-0.3, -0.25) is 14.9 Å². The van der Waals surface area contributed by atoms with Crippen LogP contribution in [0.3, 0.4) is 0 Å². The minimum Gasteiger partial charge on any atom is -0.302 e. The van der Waals surface area contributed by atoms with Crippen LogP contribution in [0.15, 0.2) is 40.8 Å². The summed E-state index contributed by atoms with van der Waals surface area (Å²) in [6.45, 7) is 1.73. The Balaban J connectivity index is 1.64. The van der Waals surface area contributed by atoms with Crippen LogP contribution in [0.25, 0.3) is 21.5 Å². The molecule has 0 fully saturated rings. The Kier molecular flexibility index (Phi) is 4.33. The molecule has 3 aromatic heterocycles. The zero-order valence-electron chi connectivity index (χ0n) is 14.3. The van der Waals surface area contributed by atoms with Gasteiger partial charge < -0.3 is 4.57 Å². The van der Waals surface area contributed by atoms with E-state index in [1.807, 2.05) is 0 Å². The summed E-state index contributed by atoms with van der Waals surface area (Å²) in [7, 11) is 1.62. The van der Waals surface area contributed by atoms with E-state index in [0.717, 1.165) is 0 Å². The predicted molar refractivity (Wildman–Crippen MR) is 105 cm³/mol. The van der Waals surface area contributed by atoms with Crippen LogP contribution in [-0.2, 0) is 7.05 Å². The molecule has 1 amide bonds. The van der Waals surface area contributed by atoms with Crippen LogP contribution in [0.1, 0.15) is 15.2 Å². The number of thiophene rings is 1. The van der Waals surface area contributed by atoms with E-state index in [2.05, 4.69) is 15.3 Å². The molecule has 1 aromatic carbocycles. The molecule has 0 saturated heterocycles. The van der Waals surface area contributed by atoms with Gasteiger partial charge in [-0.05, 0) is 24.6 Å². The van der Waals surface area contributed by atoms with Crippen molar-refractivity contribution in [3.63, 3.8) is 0 Å². The minimum atomic E-state index is -0.349. The second kappa shape index (κ2) is 6.67. The Morgan fingerprint density at radius 1 is 1.33 bits per heavy atom. The first-order chi connectivity index (χ1) is 12.9. The van der Waals surface area contributed by atoms with Gasteiger partial charge in [-0.1, -0.05) is 12.1 Å². The fourth-order valence-corrected chi connectivity index (χ4v) is 4.44. The topological polar surface area (TPSA) is 76.9 Å². The average Bonchev–Trinajstić information content (AvgIpc) is 3.23. The Bertz CT molecular complexity index is 1240. The van der Waals surface area contributed by atoms with Gasteiger partial charge in [0.05, 0.1) is 22.3 Å². The van der Waals surface area contributed by atoms with E-state index in [0.29, 0.717) is 37.0 Å². The molecule has 1 N–H and O–H groups in total. The number of anilines is 1. The van der Waals surface area contributed by atoms with Gasteiger partial charge in [0, 0.05) is 18.0 Å². The van der Waals surface area contributed by atoms with Crippen LogP contribution in [0.5, 0.6) is 0 Å². The summed E-state index contributed by atoms with van der Waals surface area (Å²) in [5.74, 6) is -0.696. The lowest BCUT2D eigenvalue weighted by atomic mass is 10.2. The van der Waals surface area contributed by atoms with Crippen molar-refractivity contribution in [2.24, 2.45) is 7.05 Å². The number of fused-ring (bicyclic) bond motifs is 1. The van der Waals surface area contributed by atoms with Crippen molar-refractivity contribution in [3.05, 3.63) is 62.6 Å². The molecule has 0 aliphatic rings. The summed E-state index contributed by atoms with van der Waals surface area (Å²) in [6.07, 6.45) is 1.44. The van der Waals surface area contributed by atoms with Crippen LogP contribution in [0.4, 0.5) is 9.52 Å². The number of benzene rings is 1. The van der Waals surface area contributed by atoms with Gasteiger partial charge in [-0.25, -0.2) is 14.4 Å². The lowest BCUT2D eigenvalue weighted by Gasteiger charge is -2.00. The van der Waals surface area contributed by atoms with Crippen molar-refractivity contribution in [2.45, 2.75) is 6.92 Å². The Morgan fingerprint density at radius 3 is 2.93 bits per heavy atom. The highest BCUT2D eigenvalue weighted by Crippen LogP contribution is 2.29. The Hall–Kier alpha value is -2.91. The summed E-state index contributed by atoms with van der Waals surface area (Å²) in [4.78, 5) is 34.5. The minimum absolute atomic E-state index is 0.185. The monoisotopic (exact) mass is 400 g/mol. The van der Waals surface area contributed by atoms with Gasteiger partial charge >= 0.3 is 0 Å². The number of rotatable bonds is 3. The fourth-order valence-electron chi connectivity index (χ4n) is 2.69. The molecule has 0 bridgehead atoms. The molecule has 3 heterocycles. The van der Waals surface area contributed by atoms with Gasteiger partial charge in [-0.2, -0.15) is 0 Å². The maximum atomic E-state index is 13.4. The van der Waals surface area contributed by atoms with Crippen molar-refractivity contribution in [3.8, 4) is 11.3 Å². The first-order valence-electron chi connectivity index (χ1n) is 7.91. The third-order valence-electron chi connectivity index (χ3n) is 4.06. The molecule has 0 saturated carbocycles. The third-order valence-corrected chi connectivity index (χ3v) is 6.02. The maximum absolute atomic E-state index is 13.4. The second-order valence-corrected chi connectivity index (χ2v) is 7.76. The van der Waals surface area contributed by atoms with E-state index in [4.69, 9.17) is 0 Å². The van der Waals surface area contributed by atoms with Crippen molar-refractivity contribution >= 4 is 43.9 Å². The van der Waals surface area contributed by atoms with E-state index in [1.165, 1.54) is 45.7 Å². The lowest BCUT2D eigenvalue weighted by molar-refractivity contribution is 0.103. The quantitative estimate of drug-likeness (QED) is 0.567. The maximum Gasteiger partial charge on any atom is 0.267 e. The molecule has 0 aliphatic heterocycles. The number of aryl methyl sites for hydroxylation is 2. The zero-order valence-corrected chi connectivity index (χ0v) is 15.9. The molecule has 9 heteroatoms. The number of hydrogen-bond acceptors (Lipinski definition) is 6. The molecule has 136 valence electrons. The largest absolute Gasteiger partial charge is 0.302 e. The highest BCUT2D eigenvalue weighted by Gasteiger charge is 2.20. The third kappa shape index (κ3) is 3.15.